The van der Waals surface area contributed by atoms with Gasteiger partial charge in [0.25, 0.3) is 0 Å². The van der Waals surface area contributed by atoms with Gasteiger partial charge in [-0.05, 0) is 39.3 Å². The van der Waals surface area contributed by atoms with Crippen molar-refractivity contribution in [2.75, 3.05) is 18.6 Å². The van der Waals surface area contributed by atoms with Crippen LogP contribution in [0, 0.1) is 26.7 Å². The van der Waals surface area contributed by atoms with Crippen LogP contribution in [0.25, 0.3) is 0 Å². The number of hydrogen-bond acceptors (Lipinski definition) is 7. The Balaban J connectivity index is 1.39. The summed E-state index contributed by atoms with van der Waals surface area (Å²) in [5.74, 6) is 3.23. The first-order chi connectivity index (χ1) is 13.5. The molecule has 4 rings (SSSR count). The van der Waals surface area contributed by atoms with Gasteiger partial charge < -0.3 is 9.64 Å². The van der Waals surface area contributed by atoms with Crippen LogP contribution in [0.15, 0.2) is 30.5 Å². The average Bonchev–Trinajstić information content (AvgIpc) is 3.38. The maximum atomic E-state index is 6.02. The highest BCUT2D eigenvalue weighted by Gasteiger charge is 2.39. The molecular formula is C21H25N5OS. The van der Waals surface area contributed by atoms with Crippen LogP contribution in [0.5, 0.6) is 5.88 Å². The van der Waals surface area contributed by atoms with Crippen molar-refractivity contribution in [2.24, 2.45) is 5.92 Å². The van der Waals surface area contributed by atoms with Crippen molar-refractivity contribution >= 4 is 17.2 Å². The summed E-state index contributed by atoms with van der Waals surface area (Å²) >= 11 is 1.73. The van der Waals surface area contributed by atoms with E-state index in [0.29, 0.717) is 30.1 Å². The standard InChI is InChI=1S/C21H25N5OS/c1-13-19(28-15(3)23-13)11-26(4)20-10-21(25-14(2)24-20)27-12-16-9-17(16)18-7-5-6-8-22-18/h5-8,10,16-17H,9,11-12H2,1-4H3/t16-,17+/m1/s1. The first-order valence-electron chi connectivity index (χ1n) is 9.53. The Labute approximate surface area is 169 Å². The fourth-order valence-corrected chi connectivity index (χ4v) is 4.38. The zero-order valence-electron chi connectivity index (χ0n) is 16.7. The van der Waals surface area contributed by atoms with Gasteiger partial charge in [0.2, 0.25) is 5.88 Å². The number of aryl methyl sites for hydroxylation is 3. The molecule has 28 heavy (non-hydrogen) atoms. The van der Waals surface area contributed by atoms with Crippen LogP contribution < -0.4 is 9.64 Å². The second-order valence-electron chi connectivity index (χ2n) is 7.38. The molecule has 1 saturated carbocycles. The number of rotatable bonds is 7. The Morgan fingerprint density at radius 1 is 1.18 bits per heavy atom. The minimum Gasteiger partial charge on any atom is -0.477 e. The minimum absolute atomic E-state index is 0.504. The van der Waals surface area contributed by atoms with Gasteiger partial charge >= 0.3 is 0 Å². The molecule has 6 nitrogen and oxygen atoms in total. The van der Waals surface area contributed by atoms with E-state index in [1.165, 1.54) is 4.88 Å². The molecule has 0 bridgehead atoms. The molecule has 0 radical (unpaired) electrons. The highest BCUT2D eigenvalue weighted by molar-refractivity contribution is 7.11. The van der Waals surface area contributed by atoms with Crippen molar-refractivity contribution in [3.8, 4) is 5.88 Å². The topological polar surface area (TPSA) is 64.0 Å². The van der Waals surface area contributed by atoms with Crippen LogP contribution in [-0.2, 0) is 6.54 Å². The number of pyridine rings is 1. The number of ether oxygens (including phenoxy) is 1. The Morgan fingerprint density at radius 2 is 2.04 bits per heavy atom. The molecular weight excluding hydrogens is 370 g/mol. The highest BCUT2D eigenvalue weighted by atomic mass is 32.1. The first-order valence-corrected chi connectivity index (χ1v) is 10.3. The second kappa shape index (κ2) is 7.83. The molecule has 0 amide bonds. The Bertz CT molecular complexity index is 959. The largest absolute Gasteiger partial charge is 0.477 e. The number of anilines is 1. The molecule has 0 unspecified atom stereocenters. The van der Waals surface area contributed by atoms with Crippen molar-refractivity contribution < 1.29 is 4.74 Å². The molecule has 3 aromatic heterocycles. The van der Waals surface area contributed by atoms with E-state index in [1.54, 1.807) is 11.3 Å². The SMILES string of the molecule is Cc1nc(OC[C@H]2C[C@@H]2c2ccccn2)cc(N(C)Cc2sc(C)nc2C)n1. The van der Waals surface area contributed by atoms with Crippen molar-refractivity contribution in [3.05, 3.63) is 57.6 Å². The average molecular weight is 396 g/mol. The molecule has 0 aromatic carbocycles. The van der Waals surface area contributed by atoms with Crippen LogP contribution in [0.3, 0.4) is 0 Å². The number of hydrogen-bond donors (Lipinski definition) is 0. The van der Waals surface area contributed by atoms with Gasteiger partial charge in [-0.25, -0.2) is 9.97 Å². The van der Waals surface area contributed by atoms with Crippen molar-refractivity contribution in [3.63, 3.8) is 0 Å². The van der Waals surface area contributed by atoms with Crippen molar-refractivity contribution in [1.29, 1.82) is 0 Å². The fourth-order valence-electron chi connectivity index (χ4n) is 3.39. The van der Waals surface area contributed by atoms with E-state index < -0.39 is 0 Å². The normalized spacial score (nSPS) is 18.1. The smallest absolute Gasteiger partial charge is 0.218 e. The predicted molar refractivity (Wildman–Crippen MR) is 111 cm³/mol. The minimum atomic E-state index is 0.504. The summed E-state index contributed by atoms with van der Waals surface area (Å²) in [6.45, 7) is 7.43. The Kier molecular flexibility index (Phi) is 5.26. The van der Waals surface area contributed by atoms with Gasteiger partial charge in [0.15, 0.2) is 0 Å². The monoisotopic (exact) mass is 395 g/mol. The molecule has 0 aliphatic heterocycles. The van der Waals surface area contributed by atoms with Crippen molar-refractivity contribution in [1.82, 2.24) is 19.9 Å². The summed E-state index contributed by atoms with van der Waals surface area (Å²) in [7, 11) is 2.04. The third-order valence-corrected chi connectivity index (χ3v) is 6.07. The summed E-state index contributed by atoms with van der Waals surface area (Å²) in [6, 6.07) is 8.01. The van der Waals surface area contributed by atoms with Crippen LogP contribution >= 0.6 is 11.3 Å². The lowest BCUT2D eigenvalue weighted by atomic mass is 10.2. The maximum Gasteiger partial charge on any atom is 0.218 e. The number of thiazole rings is 1. The molecule has 3 heterocycles. The van der Waals surface area contributed by atoms with E-state index in [9.17, 15) is 0 Å². The second-order valence-corrected chi connectivity index (χ2v) is 8.66. The Morgan fingerprint density at radius 3 is 2.75 bits per heavy atom. The molecule has 3 aromatic rings. The lowest BCUT2D eigenvalue weighted by molar-refractivity contribution is 0.284. The van der Waals surface area contributed by atoms with E-state index >= 15 is 0 Å². The van der Waals surface area contributed by atoms with E-state index in [-0.39, 0.29) is 0 Å². The van der Waals surface area contributed by atoms with Crippen LogP contribution in [0.4, 0.5) is 5.82 Å². The van der Waals surface area contributed by atoms with Crippen LogP contribution in [0.1, 0.15) is 39.4 Å². The number of nitrogens with zero attached hydrogens (tertiary/aromatic N) is 5. The maximum absolute atomic E-state index is 6.02. The summed E-state index contributed by atoms with van der Waals surface area (Å²) in [5.41, 5.74) is 2.25. The van der Waals surface area contributed by atoms with Gasteiger partial charge in [-0.15, -0.1) is 11.3 Å². The summed E-state index contributed by atoms with van der Waals surface area (Å²) in [6.07, 6.45) is 2.98. The molecule has 0 spiro atoms. The van der Waals surface area contributed by atoms with Crippen LogP contribution in [-0.4, -0.2) is 33.6 Å². The lowest BCUT2D eigenvalue weighted by Gasteiger charge is -2.18. The molecule has 1 aliphatic rings. The summed E-state index contributed by atoms with van der Waals surface area (Å²) in [5, 5.41) is 1.09. The third kappa shape index (κ3) is 4.30. The molecule has 1 aliphatic carbocycles. The third-order valence-electron chi connectivity index (χ3n) is 5.01. The van der Waals surface area contributed by atoms with Gasteiger partial charge in [0.05, 0.1) is 23.9 Å². The van der Waals surface area contributed by atoms with Gasteiger partial charge in [0.1, 0.15) is 11.6 Å². The molecule has 0 saturated heterocycles. The van der Waals surface area contributed by atoms with Crippen molar-refractivity contribution in [2.45, 2.75) is 39.7 Å². The zero-order valence-corrected chi connectivity index (χ0v) is 17.5. The molecule has 146 valence electrons. The highest BCUT2D eigenvalue weighted by Crippen LogP contribution is 2.46. The molecule has 2 atom stereocenters. The Hall–Kier alpha value is -2.54. The van der Waals surface area contributed by atoms with Gasteiger partial charge in [-0.3, -0.25) is 4.98 Å². The molecule has 1 fully saturated rings. The van der Waals surface area contributed by atoms with E-state index in [2.05, 4.69) is 37.8 Å². The zero-order chi connectivity index (χ0) is 19.7. The van der Waals surface area contributed by atoms with Gasteiger partial charge in [-0.1, -0.05) is 6.07 Å². The summed E-state index contributed by atoms with van der Waals surface area (Å²) < 4.78 is 6.02. The molecule has 7 heteroatoms. The predicted octanol–water partition coefficient (Wildman–Crippen LogP) is 4.07. The molecule has 0 N–H and O–H groups in total. The van der Waals surface area contributed by atoms with E-state index in [1.807, 2.05) is 45.3 Å². The van der Waals surface area contributed by atoms with E-state index in [4.69, 9.17) is 4.74 Å². The first kappa shape index (κ1) is 18.8. The fraction of sp³-hybridized carbons (Fsp3) is 0.429. The quantitative estimate of drug-likeness (QED) is 0.601. The lowest BCUT2D eigenvalue weighted by Crippen LogP contribution is -2.18. The van der Waals surface area contributed by atoms with Gasteiger partial charge in [-0.2, -0.15) is 4.98 Å². The van der Waals surface area contributed by atoms with Crippen LogP contribution in [0.2, 0.25) is 0 Å². The van der Waals surface area contributed by atoms with Gasteiger partial charge in [0, 0.05) is 41.7 Å². The number of aromatic nitrogens is 4. The summed E-state index contributed by atoms with van der Waals surface area (Å²) in [4.78, 5) is 21.4. The van der Waals surface area contributed by atoms with E-state index in [0.717, 1.165) is 35.2 Å².